The van der Waals surface area contributed by atoms with Gasteiger partial charge >= 0.3 is 5.97 Å². The van der Waals surface area contributed by atoms with Gasteiger partial charge in [-0.25, -0.2) is 9.78 Å². The zero-order chi connectivity index (χ0) is 14.2. The molecule has 0 fully saturated rings. The van der Waals surface area contributed by atoms with E-state index in [4.69, 9.17) is 5.11 Å². The van der Waals surface area contributed by atoms with E-state index in [0.29, 0.717) is 10.0 Å². The van der Waals surface area contributed by atoms with Gasteiger partial charge in [0.1, 0.15) is 0 Å². The van der Waals surface area contributed by atoms with Crippen molar-refractivity contribution in [3.63, 3.8) is 0 Å². The van der Waals surface area contributed by atoms with Crippen molar-refractivity contribution in [3.05, 3.63) is 36.1 Å². The topological polar surface area (TPSA) is 62.2 Å². The van der Waals surface area contributed by atoms with E-state index >= 15 is 0 Å². The highest BCUT2D eigenvalue weighted by atomic mass is 79.9. The lowest BCUT2D eigenvalue weighted by Crippen LogP contribution is -1.99. The van der Waals surface area contributed by atoms with Crippen LogP contribution in [0.25, 0.3) is 0 Å². The molecule has 0 aliphatic heterocycles. The maximum absolute atomic E-state index is 11.0. The molecule has 0 saturated heterocycles. The van der Waals surface area contributed by atoms with E-state index in [0.717, 1.165) is 19.1 Å². The van der Waals surface area contributed by atoms with Crippen LogP contribution in [0.5, 0.6) is 0 Å². The zero-order valence-electron chi connectivity index (χ0n) is 9.50. The average Bonchev–Trinajstić information content (AvgIpc) is 2.65. The summed E-state index contributed by atoms with van der Waals surface area (Å²) in [5, 5.41) is 12.6. The number of benzene rings is 1. The number of hydrogen-bond donors (Lipinski definition) is 2. The molecule has 1 heterocycles. The molecule has 2 N–H and O–H groups in total. The minimum atomic E-state index is -1.02. The van der Waals surface area contributed by atoms with Gasteiger partial charge < -0.3 is 10.4 Å². The minimum Gasteiger partial charge on any atom is -0.476 e. The maximum Gasteiger partial charge on any atom is 0.355 e. The smallest absolute Gasteiger partial charge is 0.355 e. The Kier molecular flexibility index (Phi) is 4.65. The number of anilines is 2. The Hall–Kier alpha value is -0.440. The second-order valence-corrected chi connectivity index (χ2v) is 7.43. The fraction of sp³-hybridized carbons (Fsp3) is 0.0909. The number of carbonyl (C=O) groups is 1. The molecule has 0 aliphatic carbocycles. The molecule has 1 aromatic heterocycles. The van der Waals surface area contributed by atoms with Gasteiger partial charge in [-0.15, -0.1) is 11.3 Å². The lowest BCUT2D eigenvalue weighted by molar-refractivity contribution is 0.0690. The molecule has 100 valence electrons. The Bertz CT molecular complexity index is 634. The molecule has 2 rings (SSSR count). The fourth-order valence-corrected chi connectivity index (χ4v) is 4.68. The largest absolute Gasteiger partial charge is 0.476 e. The van der Waals surface area contributed by atoms with Gasteiger partial charge in [-0.2, -0.15) is 0 Å². The SMILES string of the molecule is Cc1sc(Nc2c(Br)cc(Br)cc2Br)nc1C(=O)O. The van der Waals surface area contributed by atoms with Crippen molar-refractivity contribution in [2.24, 2.45) is 0 Å². The summed E-state index contributed by atoms with van der Waals surface area (Å²) < 4.78 is 2.62. The lowest BCUT2D eigenvalue weighted by atomic mass is 10.3. The molecule has 0 spiro atoms. The van der Waals surface area contributed by atoms with Crippen molar-refractivity contribution in [1.29, 1.82) is 0 Å². The van der Waals surface area contributed by atoms with E-state index in [1.54, 1.807) is 6.92 Å². The number of halogens is 3. The summed E-state index contributed by atoms with van der Waals surface area (Å²) in [5.41, 5.74) is 0.880. The predicted molar refractivity (Wildman–Crippen MR) is 86.6 cm³/mol. The first-order valence-corrected chi connectivity index (χ1v) is 8.20. The molecular formula is C11H7Br3N2O2S. The van der Waals surface area contributed by atoms with Gasteiger partial charge in [0.05, 0.1) is 5.69 Å². The molecule has 0 saturated carbocycles. The molecule has 1 aromatic carbocycles. The Morgan fingerprint density at radius 3 is 2.37 bits per heavy atom. The minimum absolute atomic E-state index is 0.0804. The summed E-state index contributed by atoms with van der Waals surface area (Å²) in [6.07, 6.45) is 0. The highest BCUT2D eigenvalue weighted by Gasteiger charge is 2.15. The second kappa shape index (κ2) is 5.90. The molecule has 19 heavy (non-hydrogen) atoms. The normalized spacial score (nSPS) is 10.5. The Morgan fingerprint density at radius 1 is 1.32 bits per heavy atom. The number of aryl methyl sites for hydroxylation is 1. The van der Waals surface area contributed by atoms with Crippen molar-refractivity contribution in [2.45, 2.75) is 6.92 Å². The summed E-state index contributed by atoms with van der Waals surface area (Å²) in [6.45, 7) is 1.73. The summed E-state index contributed by atoms with van der Waals surface area (Å²) in [7, 11) is 0. The van der Waals surface area contributed by atoms with Gasteiger partial charge in [-0.1, -0.05) is 15.9 Å². The molecule has 0 radical (unpaired) electrons. The van der Waals surface area contributed by atoms with Crippen molar-refractivity contribution >= 4 is 75.9 Å². The third kappa shape index (κ3) is 3.36. The van der Waals surface area contributed by atoms with E-state index < -0.39 is 5.97 Å². The van der Waals surface area contributed by atoms with Crippen LogP contribution in [-0.4, -0.2) is 16.1 Å². The van der Waals surface area contributed by atoms with E-state index in [-0.39, 0.29) is 5.69 Å². The quantitative estimate of drug-likeness (QED) is 0.648. The van der Waals surface area contributed by atoms with Crippen LogP contribution < -0.4 is 5.32 Å². The van der Waals surface area contributed by atoms with Crippen molar-refractivity contribution in [2.75, 3.05) is 5.32 Å². The first kappa shape index (κ1) is 15.0. The Morgan fingerprint density at radius 2 is 1.89 bits per heavy atom. The number of thiazole rings is 1. The molecule has 0 atom stereocenters. The molecule has 0 bridgehead atoms. The van der Waals surface area contributed by atoms with E-state index in [1.165, 1.54) is 11.3 Å². The van der Waals surface area contributed by atoms with Crippen LogP contribution in [0.15, 0.2) is 25.6 Å². The van der Waals surface area contributed by atoms with E-state index in [9.17, 15) is 4.79 Å². The standard InChI is InChI=1S/C11H7Br3N2O2S/c1-4-8(10(17)18)15-11(19-4)16-9-6(13)2-5(12)3-7(9)14/h2-3H,1H3,(H,15,16)(H,17,18). The average molecular weight is 471 g/mol. The number of aromatic nitrogens is 1. The monoisotopic (exact) mass is 468 g/mol. The molecule has 4 nitrogen and oxygen atoms in total. The number of hydrogen-bond acceptors (Lipinski definition) is 4. The predicted octanol–water partition coefficient (Wildman–Crippen LogP) is 5.18. The summed E-state index contributed by atoms with van der Waals surface area (Å²) >= 11 is 11.6. The van der Waals surface area contributed by atoms with Crippen LogP contribution in [-0.2, 0) is 0 Å². The fourth-order valence-electron chi connectivity index (χ4n) is 1.42. The number of carboxylic acids is 1. The van der Waals surface area contributed by atoms with Crippen LogP contribution in [0.1, 0.15) is 15.4 Å². The second-order valence-electron chi connectivity index (χ2n) is 3.60. The molecule has 2 aromatic rings. The first-order chi connectivity index (χ1) is 8.88. The Labute approximate surface area is 138 Å². The number of rotatable bonds is 3. The van der Waals surface area contributed by atoms with Crippen molar-refractivity contribution in [3.8, 4) is 0 Å². The van der Waals surface area contributed by atoms with Crippen LogP contribution in [0.2, 0.25) is 0 Å². The van der Waals surface area contributed by atoms with Crippen LogP contribution in [0.3, 0.4) is 0 Å². The van der Waals surface area contributed by atoms with E-state index in [2.05, 4.69) is 58.1 Å². The maximum atomic E-state index is 11.0. The highest BCUT2D eigenvalue weighted by molar-refractivity contribution is 9.11. The summed E-state index contributed by atoms with van der Waals surface area (Å²) in [6, 6.07) is 3.79. The van der Waals surface area contributed by atoms with Gasteiger partial charge in [0.25, 0.3) is 0 Å². The molecule has 0 amide bonds. The first-order valence-electron chi connectivity index (χ1n) is 5.00. The highest BCUT2D eigenvalue weighted by Crippen LogP contribution is 2.37. The number of aromatic carboxylic acids is 1. The lowest BCUT2D eigenvalue weighted by Gasteiger charge is -2.08. The van der Waals surface area contributed by atoms with Gasteiger partial charge in [-0.3, -0.25) is 0 Å². The molecule has 0 aliphatic rings. The third-order valence-electron chi connectivity index (χ3n) is 2.24. The molecule has 0 unspecified atom stereocenters. The summed E-state index contributed by atoms with van der Waals surface area (Å²) in [4.78, 5) is 15.7. The number of nitrogens with zero attached hydrogens (tertiary/aromatic N) is 1. The Balaban J connectivity index is 2.37. The van der Waals surface area contributed by atoms with Crippen LogP contribution in [0.4, 0.5) is 10.8 Å². The summed E-state index contributed by atoms with van der Waals surface area (Å²) in [5.74, 6) is -1.02. The number of nitrogens with one attached hydrogen (secondary N) is 1. The van der Waals surface area contributed by atoms with Gasteiger partial charge in [0.2, 0.25) is 0 Å². The van der Waals surface area contributed by atoms with Gasteiger partial charge in [0, 0.05) is 18.3 Å². The zero-order valence-corrected chi connectivity index (χ0v) is 15.1. The molecule has 8 heteroatoms. The van der Waals surface area contributed by atoms with Gasteiger partial charge in [0.15, 0.2) is 10.8 Å². The molecular weight excluding hydrogens is 464 g/mol. The third-order valence-corrected chi connectivity index (χ3v) is 4.83. The van der Waals surface area contributed by atoms with E-state index in [1.807, 2.05) is 12.1 Å². The van der Waals surface area contributed by atoms with Gasteiger partial charge in [-0.05, 0) is 50.9 Å². The van der Waals surface area contributed by atoms with Crippen LogP contribution in [0, 0.1) is 6.92 Å². The van der Waals surface area contributed by atoms with Crippen LogP contribution >= 0.6 is 59.1 Å². The number of carboxylic acid groups (broad SMARTS) is 1. The van der Waals surface area contributed by atoms with Crippen molar-refractivity contribution in [1.82, 2.24) is 4.98 Å². The van der Waals surface area contributed by atoms with Crippen molar-refractivity contribution < 1.29 is 9.90 Å².